The lowest BCUT2D eigenvalue weighted by molar-refractivity contribution is 0.0697. The molecule has 0 saturated carbocycles. The number of rotatable bonds is 6. The van der Waals surface area contributed by atoms with Gasteiger partial charge < -0.3 is 14.6 Å². The minimum atomic E-state index is -1.01. The number of aromatic carboxylic acids is 1. The molecule has 1 aromatic heterocycles. The topological polar surface area (TPSA) is 89.9 Å². The van der Waals surface area contributed by atoms with Crippen LogP contribution in [0.15, 0.2) is 66.0 Å². The molecule has 0 spiro atoms. The molecular formula is C25H20N2O5S. The van der Waals surface area contributed by atoms with Crippen molar-refractivity contribution in [1.29, 1.82) is 0 Å². The third-order valence-electron chi connectivity index (χ3n) is 5.27. The summed E-state index contributed by atoms with van der Waals surface area (Å²) in [4.78, 5) is 21.9. The molecule has 33 heavy (non-hydrogen) atoms. The molecule has 0 bridgehead atoms. The van der Waals surface area contributed by atoms with Gasteiger partial charge in [0.05, 0.1) is 24.1 Å². The van der Waals surface area contributed by atoms with Crippen LogP contribution in [0.1, 0.15) is 10.4 Å². The summed E-state index contributed by atoms with van der Waals surface area (Å²) in [5.74, 6) is 0.419. The first kappa shape index (κ1) is 21.0. The number of hydrogen-bond acceptors (Lipinski definition) is 7. The predicted octanol–water partition coefficient (Wildman–Crippen LogP) is 5.59. The van der Waals surface area contributed by atoms with Gasteiger partial charge in [-0.15, -0.1) is 11.3 Å². The highest BCUT2D eigenvalue weighted by molar-refractivity contribution is 7.13. The SMILES string of the molecule is CONc1ccccc1-c1ccc(-c2nc(-c3ccc4c(c3)OCCO4)cs2)cc1C(=O)O. The molecule has 4 aromatic rings. The number of carboxylic acids is 1. The summed E-state index contributed by atoms with van der Waals surface area (Å²) in [6.07, 6.45) is 0. The number of fused-ring (bicyclic) bond motifs is 1. The second kappa shape index (κ2) is 8.93. The summed E-state index contributed by atoms with van der Waals surface area (Å²) in [5.41, 5.74) is 7.46. The van der Waals surface area contributed by atoms with Crippen molar-refractivity contribution in [2.45, 2.75) is 0 Å². The molecule has 3 aromatic carbocycles. The van der Waals surface area contributed by atoms with Gasteiger partial charge >= 0.3 is 5.97 Å². The molecule has 1 aliphatic heterocycles. The van der Waals surface area contributed by atoms with Crippen LogP contribution in [0, 0.1) is 0 Å². The minimum Gasteiger partial charge on any atom is -0.486 e. The van der Waals surface area contributed by atoms with Gasteiger partial charge in [0.15, 0.2) is 11.5 Å². The number of nitrogens with one attached hydrogen (secondary N) is 1. The maximum atomic E-state index is 12.1. The first-order valence-corrected chi connectivity index (χ1v) is 11.1. The summed E-state index contributed by atoms with van der Waals surface area (Å²) >= 11 is 1.46. The fourth-order valence-electron chi connectivity index (χ4n) is 3.75. The van der Waals surface area contributed by atoms with Gasteiger partial charge in [0.2, 0.25) is 0 Å². The summed E-state index contributed by atoms with van der Waals surface area (Å²) in [6.45, 7) is 1.06. The number of carboxylic acid groups (broad SMARTS) is 1. The van der Waals surface area contributed by atoms with E-state index in [9.17, 15) is 9.90 Å². The highest BCUT2D eigenvalue weighted by Crippen LogP contribution is 2.38. The van der Waals surface area contributed by atoms with Crippen molar-refractivity contribution >= 4 is 23.0 Å². The number of hydrogen-bond donors (Lipinski definition) is 2. The Bertz CT molecular complexity index is 1330. The lowest BCUT2D eigenvalue weighted by atomic mass is 9.96. The van der Waals surface area contributed by atoms with E-state index in [2.05, 4.69) is 5.48 Å². The Morgan fingerprint density at radius 1 is 1.00 bits per heavy atom. The Morgan fingerprint density at radius 2 is 1.79 bits per heavy atom. The first-order valence-electron chi connectivity index (χ1n) is 10.3. The zero-order valence-corrected chi connectivity index (χ0v) is 18.5. The van der Waals surface area contributed by atoms with Crippen molar-refractivity contribution in [2.24, 2.45) is 0 Å². The van der Waals surface area contributed by atoms with Crippen LogP contribution in [-0.2, 0) is 4.84 Å². The molecule has 0 amide bonds. The van der Waals surface area contributed by atoms with Crippen molar-refractivity contribution < 1.29 is 24.2 Å². The van der Waals surface area contributed by atoms with Crippen LogP contribution in [0.3, 0.4) is 0 Å². The van der Waals surface area contributed by atoms with Crippen LogP contribution in [0.4, 0.5) is 5.69 Å². The normalized spacial score (nSPS) is 12.4. The number of ether oxygens (including phenoxy) is 2. The monoisotopic (exact) mass is 460 g/mol. The van der Waals surface area contributed by atoms with Crippen molar-refractivity contribution in [3.63, 3.8) is 0 Å². The van der Waals surface area contributed by atoms with Crippen LogP contribution in [-0.4, -0.2) is 36.4 Å². The van der Waals surface area contributed by atoms with E-state index in [-0.39, 0.29) is 5.56 Å². The minimum absolute atomic E-state index is 0.189. The fourth-order valence-corrected chi connectivity index (χ4v) is 4.57. The zero-order chi connectivity index (χ0) is 22.8. The number of thiazole rings is 1. The molecule has 7 nitrogen and oxygen atoms in total. The Morgan fingerprint density at radius 3 is 2.61 bits per heavy atom. The van der Waals surface area contributed by atoms with Crippen LogP contribution < -0.4 is 15.0 Å². The third-order valence-corrected chi connectivity index (χ3v) is 6.16. The lowest BCUT2D eigenvalue weighted by Crippen LogP contribution is -2.15. The molecule has 1 aliphatic rings. The van der Waals surface area contributed by atoms with Gasteiger partial charge in [-0.3, -0.25) is 10.3 Å². The zero-order valence-electron chi connectivity index (χ0n) is 17.7. The molecule has 0 saturated heterocycles. The Labute approximate surface area is 194 Å². The summed E-state index contributed by atoms with van der Waals surface area (Å²) in [5, 5.41) is 12.6. The molecule has 2 heterocycles. The fraction of sp³-hybridized carbons (Fsp3) is 0.120. The molecule has 5 rings (SSSR count). The summed E-state index contributed by atoms with van der Waals surface area (Å²) < 4.78 is 11.3. The van der Waals surface area contributed by atoms with Gasteiger partial charge in [-0.25, -0.2) is 9.78 Å². The van der Waals surface area contributed by atoms with Crippen LogP contribution in [0.5, 0.6) is 11.5 Å². The van der Waals surface area contributed by atoms with Crippen molar-refractivity contribution in [1.82, 2.24) is 4.98 Å². The van der Waals surface area contributed by atoms with Crippen molar-refractivity contribution in [3.8, 4) is 44.5 Å². The Kier molecular flexibility index (Phi) is 5.68. The van der Waals surface area contributed by atoms with E-state index >= 15 is 0 Å². The van der Waals surface area contributed by atoms with E-state index < -0.39 is 5.97 Å². The molecule has 0 unspecified atom stereocenters. The number of nitrogens with zero attached hydrogens (tertiary/aromatic N) is 1. The summed E-state index contributed by atoms with van der Waals surface area (Å²) in [6, 6.07) is 18.5. The molecule has 166 valence electrons. The number of carbonyl (C=O) groups is 1. The average Bonchev–Trinajstić information content (AvgIpc) is 3.34. The van der Waals surface area contributed by atoms with E-state index in [1.165, 1.54) is 18.4 Å². The molecular weight excluding hydrogens is 440 g/mol. The second-order valence-electron chi connectivity index (χ2n) is 7.31. The van der Waals surface area contributed by atoms with Gasteiger partial charge in [0.1, 0.15) is 18.2 Å². The number of anilines is 1. The van der Waals surface area contributed by atoms with E-state index in [0.29, 0.717) is 30.2 Å². The maximum absolute atomic E-state index is 12.1. The van der Waals surface area contributed by atoms with E-state index in [4.69, 9.17) is 19.3 Å². The standard InChI is InChI=1S/C25H20N2O5S/c1-30-27-20-5-3-2-4-18(20)17-8-6-16(12-19(17)25(28)29)24-26-21(14-33-24)15-7-9-22-23(13-15)32-11-10-31-22/h2-9,12-14,27H,10-11H2,1H3,(H,28,29). The molecule has 0 fully saturated rings. The Hall–Kier alpha value is -3.88. The smallest absolute Gasteiger partial charge is 0.336 e. The van der Waals surface area contributed by atoms with E-state index in [0.717, 1.165) is 33.1 Å². The number of benzene rings is 3. The van der Waals surface area contributed by atoms with E-state index in [1.54, 1.807) is 12.1 Å². The molecule has 0 atom stereocenters. The van der Waals surface area contributed by atoms with Crippen LogP contribution in [0.2, 0.25) is 0 Å². The van der Waals surface area contributed by atoms with Crippen LogP contribution in [0.25, 0.3) is 33.0 Å². The molecule has 8 heteroatoms. The highest BCUT2D eigenvalue weighted by atomic mass is 32.1. The average molecular weight is 461 g/mol. The van der Waals surface area contributed by atoms with Crippen molar-refractivity contribution in [3.05, 3.63) is 71.6 Å². The lowest BCUT2D eigenvalue weighted by Gasteiger charge is -2.18. The quantitative estimate of drug-likeness (QED) is 0.363. The highest BCUT2D eigenvalue weighted by Gasteiger charge is 2.18. The van der Waals surface area contributed by atoms with Gasteiger partial charge in [-0.2, -0.15) is 0 Å². The van der Waals surface area contributed by atoms with Gasteiger partial charge in [-0.05, 0) is 35.9 Å². The largest absolute Gasteiger partial charge is 0.486 e. The maximum Gasteiger partial charge on any atom is 0.336 e. The molecule has 2 N–H and O–H groups in total. The summed E-state index contributed by atoms with van der Waals surface area (Å²) in [7, 11) is 1.51. The van der Waals surface area contributed by atoms with E-state index in [1.807, 2.05) is 53.9 Å². The number of aromatic nitrogens is 1. The second-order valence-corrected chi connectivity index (χ2v) is 8.17. The van der Waals surface area contributed by atoms with Gasteiger partial charge in [-0.1, -0.05) is 30.3 Å². The van der Waals surface area contributed by atoms with Gasteiger partial charge in [0.25, 0.3) is 0 Å². The van der Waals surface area contributed by atoms with Crippen molar-refractivity contribution in [2.75, 3.05) is 25.8 Å². The van der Waals surface area contributed by atoms with Gasteiger partial charge in [0, 0.05) is 22.1 Å². The Balaban J connectivity index is 1.51. The predicted molar refractivity (Wildman–Crippen MR) is 127 cm³/mol. The first-order chi connectivity index (χ1) is 16.1. The number of para-hydroxylation sites is 1. The molecule has 0 aliphatic carbocycles. The van der Waals surface area contributed by atoms with Crippen LogP contribution >= 0.6 is 11.3 Å². The third kappa shape index (κ3) is 4.13. The molecule has 0 radical (unpaired) electrons.